The van der Waals surface area contributed by atoms with E-state index in [0.717, 1.165) is 24.5 Å². The van der Waals surface area contributed by atoms with Gasteiger partial charge in [0.1, 0.15) is 0 Å². The predicted molar refractivity (Wildman–Crippen MR) is 78.5 cm³/mol. The zero-order valence-corrected chi connectivity index (χ0v) is 12.6. The lowest BCUT2D eigenvalue weighted by Crippen LogP contribution is -2.45. The lowest BCUT2D eigenvalue weighted by molar-refractivity contribution is 0.211. The molecule has 1 unspecified atom stereocenters. The molecule has 18 heavy (non-hydrogen) atoms. The molecule has 2 rings (SSSR count). The van der Waals surface area contributed by atoms with Gasteiger partial charge in [-0.2, -0.15) is 11.8 Å². The minimum absolute atomic E-state index is 0.0182. The highest BCUT2D eigenvalue weighted by molar-refractivity contribution is 8.00. The number of carbonyl (C=O) groups excluding carboxylic acids is 1. The summed E-state index contributed by atoms with van der Waals surface area (Å²) in [5.74, 6) is 1.63. The number of nitrogens with one attached hydrogen (secondary N) is 1. The number of thioether (sulfide) groups is 1. The number of aromatic nitrogens is 1. The number of nitrogens with zero attached hydrogens (tertiary/aromatic N) is 2. The molecule has 0 spiro atoms. The Morgan fingerprint density at radius 2 is 2.39 bits per heavy atom. The van der Waals surface area contributed by atoms with E-state index >= 15 is 0 Å². The van der Waals surface area contributed by atoms with Crippen LogP contribution in [0.4, 0.5) is 9.93 Å². The Kier molecular flexibility index (Phi) is 4.50. The van der Waals surface area contributed by atoms with Gasteiger partial charge in [-0.15, -0.1) is 11.3 Å². The van der Waals surface area contributed by atoms with Crippen LogP contribution in [0.15, 0.2) is 5.38 Å². The maximum Gasteiger partial charge on any atom is 0.323 e. The zero-order chi connectivity index (χ0) is 13.1. The van der Waals surface area contributed by atoms with Gasteiger partial charge >= 0.3 is 6.03 Å². The van der Waals surface area contributed by atoms with Gasteiger partial charge in [0.2, 0.25) is 0 Å². The molecule has 2 amide bonds. The molecule has 1 saturated heterocycles. The van der Waals surface area contributed by atoms with Gasteiger partial charge in [0.05, 0.1) is 5.69 Å². The molecule has 100 valence electrons. The summed E-state index contributed by atoms with van der Waals surface area (Å²) in [4.78, 5) is 18.3. The number of hydrogen-bond acceptors (Lipinski definition) is 4. The molecule has 0 aliphatic carbocycles. The molecule has 1 N–H and O–H groups in total. The van der Waals surface area contributed by atoms with Crippen LogP contribution >= 0.6 is 23.1 Å². The fraction of sp³-hybridized carbons (Fsp3) is 0.667. The van der Waals surface area contributed by atoms with Crippen molar-refractivity contribution in [3.8, 4) is 0 Å². The van der Waals surface area contributed by atoms with Gasteiger partial charge in [0, 0.05) is 29.5 Å². The minimum atomic E-state index is -0.0182. The van der Waals surface area contributed by atoms with E-state index < -0.39 is 0 Å². The molecule has 2 heterocycles. The van der Waals surface area contributed by atoms with Gasteiger partial charge in [-0.1, -0.05) is 13.8 Å². The van der Waals surface area contributed by atoms with Crippen LogP contribution in [0.1, 0.15) is 19.5 Å². The molecule has 0 saturated carbocycles. The van der Waals surface area contributed by atoms with E-state index in [2.05, 4.69) is 24.1 Å². The van der Waals surface area contributed by atoms with E-state index in [-0.39, 0.29) is 6.03 Å². The largest absolute Gasteiger partial charge is 0.323 e. The van der Waals surface area contributed by atoms with Crippen molar-refractivity contribution in [2.75, 3.05) is 24.2 Å². The van der Waals surface area contributed by atoms with Crippen molar-refractivity contribution in [3.05, 3.63) is 11.1 Å². The van der Waals surface area contributed by atoms with E-state index in [1.54, 1.807) is 0 Å². The van der Waals surface area contributed by atoms with Gasteiger partial charge < -0.3 is 4.90 Å². The average molecular weight is 285 g/mol. The molecule has 1 aromatic rings. The Hall–Kier alpha value is -0.750. The van der Waals surface area contributed by atoms with Crippen molar-refractivity contribution >= 4 is 34.3 Å². The van der Waals surface area contributed by atoms with Crippen LogP contribution in [0.25, 0.3) is 0 Å². The van der Waals surface area contributed by atoms with Crippen molar-refractivity contribution in [1.82, 2.24) is 9.88 Å². The first kappa shape index (κ1) is 13.7. The highest BCUT2D eigenvalue weighted by Crippen LogP contribution is 2.25. The quantitative estimate of drug-likeness (QED) is 0.908. The molecule has 0 radical (unpaired) electrons. The Morgan fingerprint density at radius 3 is 3.00 bits per heavy atom. The first-order valence-electron chi connectivity index (χ1n) is 6.16. The summed E-state index contributed by atoms with van der Waals surface area (Å²) in [6.07, 6.45) is 0. The number of thiazole rings is 1. The molecule has 1 atom stereocenters. The maximum atomic E-state index is 12.1. The average Bonchev–Trinajstić information content (AvgIpc) is 2.75. The number of amides is 2. The number of rotatable bonds is 2. The van der Waals surface area contributed by atoms with Crippen LogP contribution in [-0.2, 0) is 0 Å². The first-order valence-corrected chi connectivity index (χ1v) is 8.08. The van der Waals surface area contributed by atoms with Crippen molar-refractivity contribution in [1.29, 1.82) is 0 Å². The van der Waals surface area contributed by atoms with Gasteiger partial charge in [-0.05, 0) is 12.8 Å². The minimum Gasteiger partial charge on any atom is -0.323 e. The summed E-state index contributed by atoms with van der Waals surface area (Å²) < 4.78 is 0. The molecule has 0 bridgehead atoms. The third kappa shape index (κ3) is 3.38. The van der Waals surface area contributed by atoms with Crippen molar-refractivity contribution in [2.45, 2.75) is 26.0 Å². The zero-order valence-electron chi connectivity index (χ0n) is 11.0. The molecule has 6 heteroatoms. The van der Waals surface area contributed by atoms with Crippen molar-refractivity contribution < 1.29 is 4.79 Å². The van der Waals surface area contributed by atoms with E-state index in [1.165, 1.54) is 11.3 Å². The molecular formula is C12H19N3OS2. The standard InChI is InChI=1S/C12H19N3OS2/c1-8(2)10-6-15(4-5-17-10)12(16)14-11-13-9(3)7-18-11/h7-8,10H,4-6H2,1-3H3,(H,13,14,16). The van der Waals surface area contributed by atoms with Gasteiger partial charge in [-0.25, -0.2) is 9.78 Å². The maximum absolute atomic E-state index is 12.1. The summed E-state index contributed by atoms with van der Waals surface area (Å²) in [5, 5.41) is 6.06. The number of anilines is 1. The van der Waals surface area contributed by atoms with E-state index in [9.17, 15) is 4.79 Å². The van der Waals surface area contributed by atoms with Gasteiger partial charge in [-0.3, -0.25) is 5.32 Å². The highest BCUT2D eigenvalue weighted by Gasteiger charge is 2.26. The Labute approximate surface area is 116 Å². The Morgan fingerprint density at radius 1 is 1.61 bits per heavy atom. The second-order valence-electron chi connectivity index (χ2n) is 4.82. The first-order chi connectivity index (χ1) is 8.56. The van der Waals surface area contributed by atoms with Gasteiger partial charge in [0.15, 0.2) is 5.13 Å². The van der Waals surface area contributed by atoms with Crippen LogP contribution < -0.4 is 5.32 Å². The summed E-state index contributed by atoms with van der Waals surface area (Å²) in [7, 11) is 0. The molecule has 4 nitrogen and oxygen atoms in total. The van der Waals surface area contributed by atoms with Crippen LogP contribution in [0, 0.1) is 12.8 Å². The van der Waals surface area contributed by atoms with E-state index in [0.29, 0.717) is 16.3 Å². The van der Waals surface area contributed by atoms with E-state index in [4.69, 9.17) is 0 Å². The normalized spacial score (nSPS) is 20.2. The van der Waals surface area contributed by atoms with E-state index in [1.807, 2.05) is 29.0 Å². The summed E-state index contributed by atoms with van der Waals surface area (Å²) in [5.41, 5.74) is 0.949. The molecule has 0 aromatic carbocycles. The number of urea groups is 1. The summed E-state index contributed by atoms with van der Waals surface area (Å²) in [6, 6.07) is -0.0182. The number of aryl methyl sites for hydroxylation is 1. The fourth-order valence-electron chi connectivity index (χ4n) is 1.85. The predicted octanol–water partition coefficient (Wildman–Crippen LogP) is 3.06. The van der Waals surface area contributed by atoms with Crippen LogP contribution in [0.5, 0.6) is 0 Å². The Balaban J connectivity index is 1.92. The number of carbonyl (C=O) groups is 1. The molecule has 1 aliphatic rings. The highest BCUT2D eigenvalue weighted by atomic mass is 32.2. The monoisotopic (exact) mass is 285 g/mol. The smallest absolute Gasteiger partial charge is 0.323 e. The van der Waals surface area contributed by atoms with Crippen LogP contribution in [-0.4, -0.2) is 40.0 Å². The second-order valence-corrected chi connectivity index (χ2v) is 7.03. The second kappa shape index (κ2) is 5.93. The van der Waals surface area contributed by atoms with Crippen molar-refractivity contribution in [2.24, 2.45) is 5.92 Å². The van der Waals surface area contributed by atoms with Crippen molar-refractivity contribution in [3.63, 3.8) is 0 Å². The third-order valence-electron chi connectivity index (χ3n) is 2.96. The lowest BCUT2D eigenvalue weighted by Gasteiger charge is -2.34. The number of hydrogen-bond donors (Lipinski definition) is 1. The third-order valence-corrected chi connectivity index (χ3v) is 5.37. The molecule has 1 aromatic heterocycles. The van der Waals surface area contributed by atoms with Crippen LogP contribution in [0.3, 0.4) is 0 Å². The molecular weight excluding hydrogens is 266 g/mol. The summed E-state index contributed by atoms with van der Waals surface area (Å²) >= 11 is 3.44. The lowest BCUT2D eigenvalue weighted by atomic mass is 10.1. The fourth-order valence-corrected chi connectivity index (χ4v) is 3.82. The van der Waals surface area contributed by atoms with Crippen LogP contribution in [0.2, 0.25) is 0 Å². The molecule has 1 aliphatic heterocycles. The molecule has 1 fully saturated rings. The Bertz CT molecular complexity index is 419. The topological polar surface area (TPSA) is 45.2 Å². The summed E-state index contributed by atoms with van der Waals surface area (Å²) in [6.45, 7) is 8.01. The SMILES string of the molecule is Cc1csc(NC(=O)N2CCSC(C(C)C)C2)n1. The van der Waals surface area contributed by atoms with Gasteiger partial charge in [0.25, 0.3) is 0 Å².